The van der Waals surface area contributed by atoms with Gasteiger partial charge in [0.15, 0.2) is 11.3 Å². The third-order valence-electron chi connectivity index (χ3n) is 4.87. The third-order valence-corrected chi connectivity index (χ3v) is 5.38. The van der Waals surface area contributed by atoms with Crippen LogP contribution in [0.3, 0.4) is 0 Å². The van der Waals surface area contributed by atoms with Crippen molar-refractivity contribution < 1.29 is 14.7 Å². The second-order valence-corrected chi connectivity index (χ2v) is 7.97. The Hall–Kier alpha value is -1.30. The molecule has 138 valence electrons. The van der Waals surface area contributed by atoms with Gasteiger partial charge in [0, 0.05) is 35.3 Å². The molecule has 1 heterocycles. The maximum atomic E-state index is 12.8. The average Bonchev–Trinajstić information content (AvgIpc) is 2.44. The van der Waals surface area contributed by atoms with Gasteiger partial charge in [-0.1, -0.05) is 23.2 Å². The lowest BCUT2D eigenvalue weighted by Crippen LogP contribution is -2.65. The van der Waals surface area contributed by atoms with Crippen LogP contribution in [-0.4, -0.2) is 45.4 Å². The monoisotopic (exact) mass is 386 g/mol. The SMILES string of the molecule is CC(C)N(C(C)C)C(C)C1(C(=O)O)CC(=O)c2c(Cl)cc(Cl)cc2N1. The molecule has 0 saturated carbocycles. The summed E-state index contributed by atoms with van der Waals surface area (Å²) in [6, 6.07) is 2.85. The summed E-state index contributed by atoms with van der Waals surface area (Å²) in [5.41, 5.74) is -0.779. The quantitative estimate of drug-likeness (QED) is 0.788. The first-order valence-electron chi connectivity index (χ1n) is 8.32. The molecule has 0 fully saturated rings. The summed E-state index contributed by atoms with van der Waals surface area (Å²) >= 11 is 12.2. The number of fused-ring (bicyclic) bond motifs is 1. The zero-order valence-corrected chi connectivity index (χ0v) is 16.6. The molecule has 5 nitrogen and oxygen atoms in total. The van der Waals surface area contributed by atoms with Gasteiger partial charge in [-0.15, -0.1) is 0 Å². The van der Waals surface area contributed by atoms with Crippen molar-refractivity contribution in [3.8, 4) is 0 Å². The van der Waals surface area contributed by atoms with Crippen LogP contribution in [0.25, 0.3) is 0 Å². The summed E-state index contributed by atoms with van der Waals surface area (Å²) in [4.78, 5) is 27.1. The normalized spacial score (nSPS) is 21.4. The molecule has 7 heteroatoms. The zero-order valence-electron chi connectivity index (χ0n) is 15.1. The molecule has 0 amide bonds. The van der Waals surface area contributed by atoms with E-state index in [1.807, 2.05) is 34.6 Å². The van der Waals surface area contributed by atoms with E-state index in [2.05, 4.69) is 10.2 Å². The van der Waals surface area contributed by atoms with Gasteiger partial charge in [0.25, 0.3) is 0 Å². The Bertz CT molecular complexity index is 698. The van der Waals surface area contributed by atoms with E-state index in [0.29, 0.717) is 16.3 Å². The molecule has 0 spiro atoms. The van der Waals surface area contributed by atoms with Crippen molar-refractivity contribution in [3.63, 3.8) is 0 Å². The summed E-state index contributed by atoms with van der Waals surface area (Å²) in [5, 5.41) is 13.7. The van der Waals surface area contributed by atoms with Crippen LogP contribution in [0.1, 0.15) is 51.4 Å². The zero-order chi connectivity index (χ0) is 19.1. The van der Waals surface area contributed by atoms with E-state index >= 15 is 0 Å². The van der Waals surface area contributed by atoms with Crippen LogP contribution in [0.5, 0.6) is 0 Å². The first-order chi connectivity index (χ1) is 11.5. The average molecular weight is 387 g/mol. The molecular weight excluding hydrogens is 363 g/mol. The molecular formula is C18H24Cl2N2O3. The Morgan fingerprint density at radius 3 is 2.24 bits per heavy atom. The number of hydrogen-bond donors (Lipinski definition) is 2. The Labute approximate surface area is 158 Å². The van der Waals surface area contributed by atoms with Crippen molar-refractivity contribution >= 4 is 40.6 Å². The summed E-state index contributed by atoms with van der Waals surface area (Å²) in [6.07, 6.45) is -0.173. The Kier molecular flexibility index (Phi) is 5.71. The molecule has 0 aliphatic carbocycles. The van der Waals surface area contributed by atoms with Crippen molar-refractivity contribution in [2.75, 3.05) is 5.32 Å². The number of carboxylic acid groups (broad SMARTS) is 1. The van der Waals surface area contributed by atoms with Gasteiger partial charge in [0.1, 0.15) is 0 Å². The fourth-order valence-corrected chi connectivity index (χ4v) is 4.49. The molecule has 1 aliphatic heterocycles. The molecule has 1 aliphatic rings. The van der Waals surface area contributed by atoms with Crippen molar-refractivity contribution in [2.24, 2.45) is 0 Å². The number of benzene rings is 1. The lowest BCUT2D eigenvalue weighted by atomic mass is 9.78. The van der Waals surface area contributed by atoms with Gasteiger partial charge in [-0.3, -0.25) is 9.69 Å². The summed E-state index contributed by atoms with van der Waals surface area (Å²) in [6.45, 7) is 9.89. The largest absolute Gasteiger partial charge is 0.479 e. The van der Waals surface area contributed by atoms with Gasteiger partial charge in [-0.25, -0.2) is 4.79 Å². The first kappa shape index (κ1) is 20.0. The molecule has 2 N–H and O–H groups in total. The van der Waals surface area contributed by atoms with Gasteiger partial charge < -0.3 is 10.4 Å². The molecule has 0 aromatic heterocycles. The highest BCUT2D eigenvalue weighted by atomic mass is 35.5. The van der Waals surface area contributed by atoms with E-state index in [0.717, 1.165) is 0 Å². The van der Waals surface area contributed by atoms with Crippen LogP contribution in [0, 0.1) is 0 Å². The summed E-state index contributed by atoms with van der Waals surface area (Å²) in [7, 11) is 0. The number of ketones is 1. The topological polar surface area (TPSA) is 69.6 Å². The lowest BCUT2D eigenvalue weighted by Gasteiger charge is -2.47. The number of carbonyl (C=O) groups excluding carboxylic acids is 1. The van der Waals surface area contributed by atoms with E-state index in [1.165, 1.54) is 6.07 Å². The number of rotatable bonds is 5. The van der Waals surface area contributed by atoms with E-state index in [-0.39, 0.29) is 29.3 Å². The highest BCUT2D eigenvalue weighted by Gasteiger charge is 2.52. The van der Waals surface area contributed by atoms with Gasteiger partial charge >= 0.3 is 5.97 Å². The predicted molar refractivity (Wildman–Crippen MR) is 101 cm³/mol. The number of hydrogen-bond acceptors (Lipinski definition) is 4. The van der Waals surface area contributed by atoms with Gasteiger partial charge in [-0.05, 0) is 46.8 Å². The van der Waals surface area contributed by atoms with Crippen LogP contribution in [0.15, 0.2) is 12.1 Å². The van der Waals surface area contributed by atoms with Crippen molar-refractivity contribution in [3.05, 3.63) is 27.7 Å². The molecule has 2 atom stereocenters. The van der Waals surface area contributed by atoms with E-state index in [4.69, 9.17) is 23.2 Å². The summed E-state index contributed by atoms with van der Waals surface area (Å²) in [5.74, 6) is -1.36. The molecule has 0 radical (unpaired) electrons. The van der Waals surface area contributed by atoms with Gasteiger partial charge in [-0.2, -0.15) is 0 Å². The number of halogens is 2. The number of carboxylic acids is 1. The van der Waals surface area contributed by atoms with Crippen LogP contribution in [0.4, 0.5) is 5.69 Å². The first-order valence-corrected chi connectivity index (χ1v) is 9.08. The molecule has 0 saturated heterocycles. The molecule has 0 bridgehead atoms. The van der Waals surface area contributed by atoms with Crippen LogP contribution < -0.4 is 5.32 Å². The number of nitrogens with one attached hydrogen (secondary N) is 1. The molecule has 2 rings (SSSR count). The minimum absolute atomic E-state index is 0.118. The molecule has 25 heavy (non-hydrogen) atoms. The standard InChI is InChI=1S/C18H24Cl2N2O3/c1-9(2)22(10(3)4)11(5)18(17(24)25)8-15(23)16-13(20)6-12(19)7-14(16)21-18/h6-7,9-11,21H,8H2,1-5H3,(H,24,25). The fourth-order valence-electron chi connectivity index (χ4n) is 3.89. The molecule has 1 aromatic carbocycles. The predicted octanol–water partition coefficient (Wildman–Crippen LogP) is 4.32. The van der Waals surface area contributed by atoms with Gasteiger partial charge in [0.2, 0.25) is 0 Å². The van der Waals surface area contributed by atoms with Crippen molar-refractivity contribution in [2.45, 2.75) is 64.7 Å². The second kappa shape index (κ2) is 7.14. The Morgan fingerprint density at radius 1 is 1.20 bits per heavy atom. The second-order valence-electron chi connectivity index (χ2n) is 7.12. The number of Topliss-reactive ketones (excluding diaryl/α,β-unsaturated/α-hetero) is 1. The summed E-state index contributed by atoms with van der Waals surface area (Å²) < 4.78 is 0. The van der Waals surface area contributed by atoms with Gasteiger partial charge in [0.05, 0.1) is 10.6 Å². The number of anilines is 1. The van der Waals surface area contributed by atoms with E-state index in [1.54, 1.807) is 6.07 Å². The third kappa shape index (κ3) is 3.50. The van der Waals surface area contributed by atoms with E-state index < -0.39 is 17.6 Å². The highest BCUT2D eigenvalue weighted by molar-refractivity contribution is 6.38. The van der Waals surface area contributed by atoms with E-state index in [9.17, 15) is 14.7 Å². The van der Waals surface area contributed by atoms with Crippen molar-refractivity contribution in [1.29, 1.82) is 0 Å². The van der Waals surface area contributed by atoms with Crippen LogP contribution in [0.2, 0.25) is 10.0 Å². The lowest BCUT2D eigenvalue weighted by molar-refractivity contribution is -0.145. The fraction of sp³-hybridized carbons (Fsp3) is 0.556. The number of carbonyl (C=O) groups is 2. The van der Waals surface area contributed by atoms with Crippen LogP contribution >= 0.6 is 23.2 Å². The Balaban J connectivity index is 2.58. The minimum atomic E-state index is -1.45. The highest BCUT2D eigenvalue weighted by Crippen LogP contribution is 2.40. The molecule has 2 unspecified atom stereocenters. The maximum Gasteiger partial charge on any atom is 0.331 e. The van der Waals surface area contributed by atoms with Crippen molar-refractivity contribution in [1.82, 2.24) is 4.90 Å². The maximum absolute atomic E-state index is 12.8. The smallest absolute Gasteiger partial charge is 0.331 e. The van der Waals surface area contributed by atoms with Crippen LogP contribution in [-0.2, 0) is 4.79 Å². The number of aliphatic carboxylic acids is 1. The molecule has 1 aromatic rings. The Morgan fingerprint density at radius 2 is 1.76 bits per heavy atom. The minimum Gasteiger partial charge on any atom is -0.479 e. The number of nitrogens with zero attached hydrogens (tertiary/aromatic N) is 1.